The van der Waals surface area contributed by atoms with Gasteiger partial charge in [0.1, 0.15) is 11.5 Å². The van der Waals surface area contributed by atoms with Crippen LogP contribution in [0.4, 0.5) is 0 Å². The molecule has 0 spiro atoms. The lowest BCUT2D eigenvalue weighted by Gasteiger charge is -2.36. The maximum atomic E-state index is 12.6. The number of aliphatic hydroxyl groups excluding tert-OH is 1. The van der Waals surface area contributed by atoms with Crippen LogP contribution in [0.2, 0.25) is 0 Å². The van der Waals surface area contributed by atoms with Crippen molar-refractivity contribution in [3.05, 3.63) is 34.4 Å². The first-order chi connectivity index (χ1) is 10.2. The fraction of sp³-hybridized carbons (Fsp3) is 0.375. The molecule has 0 saturated carbocycles. The summed E-state index contributed by atoms with van der Waals surface area (Å²) in [5.74, 6) is -1.15. The average molecular weight is 304 g/mol. The van der Waals surface area contributed by atoms with Crippen molar-refractivity contribution in [3.63, 3.8) is 0 Å². The zero-order valence-corrected chi connectivity index (χ0v) is 12.2. The number of benzene rings is 1. The van der Waals surface area contributed by atoms with Crippen LogP contribution in [0.1, 0.15) is 40.5 Å². The summed E-state index contributed by atoms with van der Waals surface area (Å²) in [6.07, 6.45) is -1.26. The van der Waals surface area contributed by atoms with Gasteiger partial charge in [-0.25, -0.2) is 0 Å². The molecular formula is C16H16O6. The number of phenols is 1. The highest BCUT2D eigenvalue weighted by Gasteiger charge is 2.44. The van der Waals surface area contributed by atoms with E-state index in [2.05, 4.69) is 0 Å². The zero-order valence-electron chi connectivity index (χ0n) is 12.2. The van der Waals surface area contributed by atoms with Crippen molar-refractivity contribution in [3.8, 4) is 11.5 Å². The van der Waals surface area contributed by atoms with Gasteiger partial charge in [0.2, 0.25) is 0 Å². The van der Waals surface area contributed by atoms with Crippen molar-refractivity contribution in [2.75, 3.05) is 7.11 Å². The van der Waals surface area contributed by atoms with E-state index in [9.17, 15) is 24.9 Å². The summed E-state index contributed by atoms with van der Waals surface area (Å²) in [5, 5.41) is 30.4. The lowest BCUT2D eigenvalue weighted by Crippen LogP contribution is -2.42. The number of methoxy groups -OCH3 is 1. The first-order valence-electron chi connectivity index (χ1n) is 6.89. The summed E-state index contributed by atoms with van der Waals surface area (Å²) in [5.41, 5.74) is -1.28. The van der Waals surface area contributed by atoms with Crippen LogP contribution in [0.5, 0.6) is 11.5 Å². The number of hydrogen-bond donors (Lipinski definition) is 3. The Morgan fingerprint density at radius 1 is 1.27 bits per heavy atom. The van der Waals surface area contributed by atoms with E-state index in [1.54, 1.807) is 0 Å². The van der Waals surface area contributed by atoms with Gasteiger partial charge in [0.05, 0.1) is 24.4 Å². The van der Waals surface area contributed by atoms with Gasteiger partial charge < -0.3 is 20.1 Å². The number of carbonyl (C=O) groups is 2. The number of rotatable bonds is 1. The van der Waals surface area contributed by atoms with Gasteiger partial charge in [0.25, 0.3) is 0 Å². The van der Waals surface area contributed by atoms with E-state index in [-0.39, 0.29) is 46.6 Å². The summed E-state index contributed by atoms with van der Waals surface area (Å²) >= 11 is 0. The van der Waals surface area contributed by atoms with Gasteiger partial charge in [-0.1, -0.05) is 0 Å². The number of ether oxygens (including phenoxy) is 1. The van der Waals surface area contributed by atoms with Gasteiger partial charge in [-0.3, -0.25) is 9.59 Å². The fourth-order valence-electron chi connectivity index (χ4n) is 3.19. The van der Waals surface area contributed by atoms with E-state index in [1.165, 1.54) is 26.2 Å². The number of ketones is 2. The topological polar surface area (TPSA) is 104 Å². The second kappa shape index (κ2) is 4.66. The highest BCUT2D eigenvalue weighted by atomic mass is 16.5. The molecule has 3 N–H and O–H groups in total. The van der Waals surface area contributed by atoms with Crippen molar-refractivity contribution in [2.45, 2.75) is 31.5 Å². The molecule has 0 amide bonds. The highest BCUT2D eigenvalue weighted by Crippen LogP contribution is 2.42. The number of Topliss-reactive ketones (excluding diaryl/α,β-unsaturated/α-hetero) is 2. The molecule has 3 rings (SSSR count). The molecular weight excluding hydrogens is 288 g/mol. The number of hydrogen-bond acceptors (Lipinski definition) is 6. The molecule has 0 unspecified atom stereocenters. The van der Waals surface area contributed by atoms with E-state index in [0.29, 0.717) is 0 Å². The summed E-state index contributed by atoms with van der Waals surface area (Å²) in [6.45, 7) is 1.50. The Bertz CT molecular complexity index is 728. The summed E-state index contributed by atoms with van der Waals surface area (Å²) in [7, 11) is 1.38. The van der Waals surface area contributed by atoms with Gasteiger partial charge >= 0.3 is 0 Å². The molecule has 0 aromatic heterocycles. The molecule has 2 aliphatic rings. The van der Waals surface area contributed by atoms with E-state index in [1.807, 2.05) is 0 Å². The van der Waals surface area contributed by atoms with Crippen LogP contribution in [-0.4, -0.2) is 45.7 Å². The van der Waals surface area contributed by atoms with Gasteiger partial charge in [-0.05, 0) is 13.0 Å². The summed E-state index contributed by atoms with van der Waals surface area (Å²) in [4.78, 5) is 25.2. The van der Waals surface area contributed by atoms with Crippen molar-refractivity contribution in [1.82, 2.24) is 0 Å². The summed E-state index contributed by atoms with van der Waals surface area (Å²) < 4.78 is 5.00. The minimum absolute atomic E-state index is 0.0108. The lowest BCUT2D eigenvalue weighted by molar-refractivity contribution is 0.00374. The van der Waals surface area contributed by atoms with Crippen molar-refractivity contribution >= 4 is 11.6 Å². The quantitative estimate of drug-likeness (QED) is 0.714. The number of phenolic OH excluding ortho intramolecular Hbond substituents is 1. The third-order valence-electron chi connectivity index (χ3n) is 4.17. The van der Waals surface area contributed by atoms with Crippen LogP contribution in [0.25, 0.3) is 0 Å². The first-order valence-corrected chi connectivity index (χ1v) is 6.89. The SMILES string of the molecule is COc1cc(O)c2c(c1)C(=O)C1=C(C[C@@](C)(O)C[C@@H]1O)C2=O. The third kappa shape index (κ3) is 2.03. The molecule has 0 heterocycles. The summed E-state index contributed by atoms with van der Waals surface area (Å²) in [6, 6.07) is 2.63. The van der Waals surface area contributed by atoms with Crippen LogP contribution in [0, 0.1) is 0 Å². The molecule has 2 atom stereocenters. The molecule has 6 nitrogen and oxygen atoms in total. The standard InChI is InChI=1S/C16H16O6/c1-16(21)5-9-13(11(18)6-16)14(19)8-3-7(22-2)4-10(17)12(8)15(9)20/h3-4,11,17-18,21H,5-6H2,1-2H3/t11-,16+/m0/s1. The predicted octanol–water partition coefficient (Wildman–Crippen LogP) is 0.982. The molecule has 0 radical (unpaired) electrons. The van der Waals surface area contributed by atoms with Crippen LogP contribution >= 0.6 is 0 Å². The number of fused-ring (bicyclic) bond motifs is 1. The predicted molar refractivity (Wildman–Crippen MR) is 76.2 cm³/mol. The van der Waals surface area contributed by atoms with Gasteiger partial charge in [-0.15, -0.1) is 0 Å². The van der Waals surface area contributed by atoms with Crippen molar-refractivity contribution in [2.24, 2.45) is 0 Å². The molecule has 0 saturated heterocycles. The second-order valence-electron chi connectivity index (χ2n) is 6.01. The Labute approximate surface area is 126 Å². The maximum Gasteiger partial charge on any atom is 0.194 e. The second-order valence-corrected chi connectivity index (χ2v) is 6.01. The van der Waals surface area contributed by atoms with Crippen molar-refractivity contribution in [1.29, 1.82) is 0 Å². The van der Waals surface area contributed by atoms with E-state index in [4.69, 9.17) is 4.74 Å². The lowest BCUT2D eigenvalue weighted by atomic mass is 9.71. The van der Waals surface area contributed by atoms with E-state index in [0.717, 1.165) is 0 Å². The maximum absolute atomic E-state index is 12.6. The Kier molecular flexibility index (Phi) is 3.12. The van der Waals surface area contributed by atoms with E-state index < -0.39 is 23.3 Å². The minimum atomic E-state index is -1.27. The molecule has 0 fully saturated rings. The average Bonchev–Trinajstić information content (AvgIpc) is 2.42. The molecule has 22 heavy (non-hydrogen) atoms. The smallest absolute Gasteiger partial charge is 0.194 e. The van der Waals surface area contributed by atoms with Crippen LogP contribution in [0.15, 0.2) is 23.3 Å². The molecule has 1 aromatic rings. The monoisotopic (exact) mass is 304 g/mol. The Hall–Kier alpha value is -2.18. The number of carbonyl (C=O) groups excluding carboxylic acids is 2. The molecule has 0 bridgehead atoms. The van der Waals surface area contributed by atoms with Gasteiger partial charge in [0.15, 0.2) is 11.6 Å². The van der Waals surface area contributed by atoms with Crippen molar-refractivity contribution < 1.29 is 29.6 Å². The minimum Gasteiger partial charge on any atom is -0.507 e. The first kappa shape index (κ1) is 14.7. The van der Waals surface area contributed by atoms with Crippen LogP contribution in [-0.2, 0) is 0 Å². The Morgan fingerprint density at radius 3 is 2.59 bits per heavy atom. The molecule has 2 aliphatic carbocycles. The number of aromatic hydroxyl groups is 1. The van der Waals surface area contributed by atoms with Crippen LogP contribution in [0.3, 0.4) is 0 Å². The fourth-order valence-corrected chi connectivity index (χ4v) is 3.19. The largest absolute Gasteiger partial charge is 0.507 e. The van der Waals surface area contributed by atoms with Crippen LogP contribution < -0.4 is 4.74 Å². The van der Waals surface area contributed by atoms with Gasteiger partial charge in [-0.2, -0.15) is 0 Å². The third-order valence-corrected chi connectivity index (χ3v) is 4.17. The number of aliphatic hydroxyl groups is 2. The highest BCUT2D eigenvalue weighted by molar-refractivity contribution is 6.28. The molecule has 116 valence electrons. The van der Waals surface area contributed by atoms with Gasteiger partial charge in [0, 0.05) is 35.6 Å². The molecule has 0 aliphatic heterocycles. The molecule has 6 heteroatoms. The Balaban J connectivity index is 2.23. The normalized spacial score (nSPS) is 27.5. The molecule has 1 aromatic carbocycles. The zero-order chi connectivity index (χ0) is 16.2. The Morgan fingerprint density at radius 2 is 1.95 bits per heavy atom. The van der Waals surface area contributed by atoms with E-state index >= 15 is 0 Å².